The van der Waals surface area contributed by atoms with Crippen molar-refractivity contribution in [3.63, 3.8) is 0 Å². The fraction of sp³-hybridized carbons (Fsp3) is 0.533. The molecular weight excluding hydrogens is 278 g/mol. The number of carbonyl (C=O) groups is 1. The van der Waals surface area contributed by atoms with Crippen LogP contribution in [0.1, 0.15) is 43.5 Å². The Kier molecular flexibility index (Phi) is 7.23. The maximum atomic E-state index is 12.0. The summed E-state index contributed by atoms with van der Waals surface area (Å²) in [7, 11) is 1.52. The molecule has 0 aliphatic carbocycles. The Morgan fingerprint density at radius 3 is 2.65 bits per heavy atom. The zero-order chi connectivity index (χ0) is 15.0. The molecule has 4 nitrogen and oxygen atoms in total. The van der Waals surface area contributed by atoms with Crippen LogP contribution in [0.5, 0.6) is 11.5 Å². The molecule has 0 radical (unpaired) electrons. The maximum absolute atomic E-state index is 12.0. The molecule has 0 aromatic heterocycles. The molecule has 1 aromatic carbocycles. The summed E-state index contributed by atoms with van der Waals surface area (Å²) in [6.45, 7) is 5.14. The van der Waals surface area contributed by atoms with E-state index in [2.05, 4.69) is 12.2 Å². The topological polar surface area (TPSA) is 47.6 Å². The van der Waals surface area contributed by atoms with Gasteiger partial charge in [0.1, 0.15) is 0 Å². The van der Waals surface area contributed by atoms with Crippen LogP contribution < -0.4 is 14.8 Å². The number of rotatable bonds is 8. The first-order chi connectivity index (χ1) is 9.63. The van der Waals surface area contributed by atoms with Crippen molar-refractivity contribution in [1.29, 1.82) is 0 Å². The maximum Gasteiger partial charge on any atom is 0.251 e. The lowest BCUT2D eigenvalue weighted by atomic mass is 10.1. The molecular formula is C15H22ClNO3. The van der Waals surface area contributed by atoms with E-state index in [4.69, 9.17) is 21.1 Å². The minimum Gasteiger partial charge on any atom is -0.493 e. The zero-order valence-corrected chi connectivity index (χ0v) is 13.0. The summed E-state index contributed by atoms with van der Waals surface area (Å²) in [5, 5.41) is 3.25. The van der Waals surface area contributed by atoms with Crippen molar-refractivity contribution < 1.29 is 14.3 Å². The monoisotopic (exact) mass is 299 g/mol. The Morgan fingerprint density at radius 1 is 1.30 bits per heavy atom. The standard InChI is InChI=1S/C15H22ClNO3/c1-4-6-7-8-17-15(18)11-9-12(16)14(20-5-2)13(10-11)19-3/h9-10H,4-8H2,1-3H3,(H,17,18). The first-order valence-electron chi connectivity index (χ1n) is 6.92. The highest BCUT2D eigenvalue weighted by Gasteiger charge is 2.15. The second kappa shape index (κ2) is 8.69. The molecule has 1 N–H and O–H groups in total. The number of ether oxygens (including phenoxy) is 2. The van der Waals surface area contributed by atoms with Gasteiger partial charge in [0.05, 0.1) is 18.7 Å². The van der Waals surface area contributed by atoms with Crippen molar-refractivity contribution in [2.45, 2.75) is 33.1 Å². The lowest BCUT2D eigenvalue weighted by Crippen LogP contribution is -2.24. The summed E-state index contributed by atoms with van der Waals surface area (Å²) in [4.78, 5) is 12.0. The molecule has 0 bridgehead atoms. The van der Waals surface area contributed by atoms with Crippen LogP contribution in [0.2, 0.25) is 5.02 Å². The Balaban J connectivity index is 2.80. The molecule has 0 atom stereocenters. The second-order valence-corrected chi connectivity index (χ2v) is 4.79. The molecule has 1 amide bonds. The molecule has 0 fully saturated rings. The Labute approximate surface area is 125 Å². The van der Waals surface area contributed by atoms with Crippen LogP contribution in [0.3, 0.4) is 0 Å². The minimum atomic E-state index is -0.149. The SMILES string of the molecule is CCCCCNC(=O)c1cc(Cl)c(OCC)c(OC)c1. The Bertz CT molecular complexity index is 449. The van der Waals surface area contributed by atoms with Gasteiger partial charge in [-0.25, -0.2) is 0 Å². The van der Waals surface area contributed by atoms with Gasteiger partial charge in [-0.2, -0.15) is 0 Å². The number of benzene rings is 1. The first kappa shape index (κ1) is 16.6. The largest absolute Gasteiger partial charge is 0.493 e. The van der Waals surface area contributed by atoms with E-state index in [1.165, 1.54) is 7.11 Å². The Morgan fingerprint density at radius 2 is 2.05 bits per heavy atom. The van der Waals surface area contributed by atoms with Crippen molar-refractivity contribution in [2.75, 3.05) is 20.3 Å². The fourth-order valence-corrected chi connectivity index (χ4v) is 2.08. The van der Waals surface area contributed by atoms with Crippen LogP contribution in [0.15, 0.2) is 12.1 Å². The molecule has 0 saturated heterocycles. The average Bonchev–Trinajstić information content (AvgIpc) is 2.45. The fourth-order valence-electron chi connectivity index (χ4n) is 1.81. The normalized spacial score (nSPS) is 10.2. The van der Waals surface area contributed by atoms with Gasteiger partial charge in [0.2, 0.25) is 0 Å². The number of unbranched alkanes of at least 4 members (excludes halogenated alkanes) is 2. The molecule has 0 aliphatic heterocycles. The van der Waals surface area contributed by atoms with Crippen LogP contribution in [0.25, 0.3) is 0 Å². The van der Waals surface area contributed by atoms with Gasteiger partial charge in [-0.1, -0.05) is 31.4 Å². The van der Waals surface area contributed by atoms with E-state index in [0.717, 1.165) is 19.3 Å². The molecule has 0 aliphatic rings. The highest BCUT2D eigenvalue weighted by atomic mass is 35.5. The summed E-state index contributed by atoms with van der Waals surface area (Å²) in [6, 6.07) is 3.25. The van der Waals surface area contributed by atoms with E-state index >= 15 is 0 Å². The summed E-state index contributed by atoms with van der Waals surface area (Å²) in [5.74, 6) is 0.793. The number of methoxy groups -OCH3 is 1. The van der Waals surface area contributed by atoms with Crippen molar-refractivity contribution in [2.24, 2.45) is 0 Å². The van der Waals surface area contributed by atoms with Gasteiger partial charge in [-0.3, -0.25) is 4.79 Å². The van der Waals surface area contributed by atoms with Gasteiger partial charge in [-0.15, -0.1) is 0 Å². The highest BCUT2D eigenvalue weighted by molar-refractivity contribution is 6.32. The summed E-state index contributed by atoms with van der Waals surface area (Å²) in [6.07, 6.45) is 3.20. The van der Waals surface area contributed by atoms with Crippen molar-refractivity contribution in [3.8, 4) is 11.5 Å². The highest BCUT2D eigenvalue weighted by Crippen LogP contribution is 2.36. The average molecular weight is 300 g/mol. The van der Waals surface area contributed by atoms with E-state index in [9.17, 15) is 4.79 Å². The lowest BCUT2D eigenvalue weighted by Gasteiger charge is -2.13. The van der Waals surface area contributed by atoms with Gasteiger partial charge in [0.25, 0.3) is 5.91 Å². The van der Waals surface area contributed by atoms with Gasteiger partial charge in [-0.05, 0) is 25.5 Å². The third-order valence-electron chi connectivity index (χ3n) is 2.85. The van der Waals surface area contributed by atoms with Crippen molar-refractivity contribution in [3.05, 3.63) is 22.7 Å². The number of hydrogen-bond donors (Lipinski definition) is 1. The molecule has 5 heteroatoms. The third-order valence-corrected chi connectivity index (χ3v) is 3.13. The van der Waals surface area contributed by atoms with Gasteiger partial charge in [0.15, 0.2) is 11.5 Å². The summed E-state index contributed by atoms with van der Waals surface area (Å²) >= 11 is 6.13. The van der Waals surface area contributed by atoms with Crippen LogP contribution in [0.4, 0.5) is 0 Å². The molecule has 0 spiro atoms. The molecule has 0 heterocycles. The number of nitrogens with one attached hydrogen (secondary N) is 1. The summed E-state index contributed by atoms with van der Waals surface area (Å²) < 4.78 is 10.6. The van der Waals surface area contributed by atoms with E-state index in [1.54, 1.807) is 12.1 Å². The van der Waals surface area contributed by atoms with E-state index < -0.39 is 0 Å². The third kappa shape index (κ3) is 4.60. The second-order valence-electron chi connectivity index (χ2n) is 4.39. The van der Waals surface area contributed by atoms with Gasteiger partial charge >= 0.3 is 0 Å². The van der Waals surface area contributed by atoms with Crippen LogP contribution >= 0.6 is 11.6 Å². The zero-order valence-electron chi connectivity index (χ0n) is 12.3. The number of carbonyl (C=O) groups excluding carboxylic acids is 1. The lowest BCUT2D eigenvalue weighted by molar-refractivity contribution is 0.0952. The molecule has 0 saturated carbocycles. The molecule has 1 aromatic rings. The van der Waals surface area contributed by atoms with Crippen molar-refractivity contribution >= 4 is 17.5 Å². The predicted octanol–water partition coefficient (Wildman–Crippen LogP) is 3.67. The minimum absolute atomic E-state index is 0.149. The van der Waals surface area contributed by atoms with E-state index in [1.807, 2.05) is 6.92 Å². The van der Waals surface area contributed by atoms with Crippen LogP contribution in [-0.2, 0) is 0 Å². The number of halogens is 1. The molecule has 20 heavy (non-hydrogen) atoms. The predicted molar refractivity (Wildman–Crippen MR) is 81.0 cm³/mol. The Hall–Kier alpha value is -1.42. The van der Waals surface area contributed by atoms with Crippen LogP contribution in [0, 0.1) is 0 Å². The quantitative estimate of drug-likeness (QED) is 0.745. The number of amides is 1. The van der Waals surface area contributed by atoms with Gasteiger partial charge in [0, 0.05) is 12.1 Å². The van der Waals surface area contributed by atoms with Crippen LogP contribution in [-0.4, -0.2) is 26.2 Å². The van der Waals surface area contributed by atoms with E-state index in [-0.39, 0.29) is 5.91 Å². The van der Waals surface area contributed by atoms with E-state index in [0.29, 0.717) is 35.2 Å². The smallest absolute Gasteiger partial charge is 0.251 e. The van der Waals surface area contributed by atoms with Crippen molar-refractivity contribution in [1.82, 2.24) is 5.32 Å². The summed E-state index contributed by atoms with van der Waals surface area (Å²) in [5.41, 5.74) is 0.479. The first-order valence-corrected chi connectivity index (χ1v) is 7.30. The molecule has 0 unspecified atom stereocenters. The molecule has 112 valence electrons. The number of hydrogen-bond acceptors (Lipinski definition) is 3. The molecule has 1 rings (SSSR count). The van der Waals surface area contributed by atoms with Gasteiger partial charge < -0.3 is 14.8 Å².